The Hall–Kier alpha value is -3.29. The molecule has 0 atom stereocenters. The maximum atomic E-state index is 12.4. The molecule has 1 amide bonds. The van der Waals surface area contributed by atoms with Crippen LogP contribution in [-0.2, 0) is 4.79 Å². The van der Waals surface area contributed by atoms with Gasteiger partial charge in [0.2, 0.25) is 11.8 Å². The lowest BCUT2D eigenvalue weighted by molar-refractivity contribution is -0.138. The Kier molecular flexibility index (Phi) is 4.67. The average Bonchev–Trinajstić information content (AvgIpc) is 3.24. The van der Waals surface area contributed by atoms with Gasteiger partial charge in [0, 0.05) is 37.7 Å². The number of carbonyl (C=O) groups is 1. The van der Waals surface area contributed by atoms with Crippen LogP contribution in [0, 0.1) is 5.92 Å². The summed E-state index contributed by atoms with van der Waals surface area (Å²) in [5.74, 6) is 2.13. The van der Waals surface area contributed by atoms with Crippen molar-refractivity contribution in [1.82, 2.24) is 25.1 Å². The van der Waals surface area contributed by atoms with Crippen LogP contribution in [0.1, 0.15) is 19.3 Å². The average molecular weight is 390 g/mol. The molecule has 2 fully saturated rings. The minimum absolute atomic E-state index is 0.251. The lowest BCUT2D eigenvalue weighted by atomic mass is 9.84. The highest BCUT2D eigenvalue weighted by atomic mass is 16.4. The van der Waals surface area contributed by atoms with Crippen molar-refractivity contribution in [3.05, 3.63) is 42.7 Å². The molecule has 1 saturated heterocycles. The number of anilines is 1. The van der Waals surface area contributed by atoms with E-state index in [4.69, 9.17) is 4.42 Å². The fraction of sp³-hybridized carbons (Fsp3) is 0.381. The molecule has 0 N–H and O–H groups in total. The van der Waals surface area contributed by atoms with Gasteiger partial charge in [0.05, 0.1) is 12.4 Å². The third kappa shape index (κ3) is 3.57. The molecule has 0 bridgehead atoms. The molecule has 2 aliphatic rings. The summed E-state index contributed by atoms with van der Waals surface area (Å²) in [4.78, 5) is 25.6. The molecular formula is C21H22N6O2. The number of rotatable bonds is 4. The van der Waals surface area contributed by atoms with E-state index in [-0.39, 0.29) is 5.92 Å². The zero-order chi connectivity index (χ0) is 19.6. The van der Waals surface area contributed by atoms with Crippen LogP contribution in [0.15, 0.2) is 47.1 Å². The SMILES string of the molecule is O=C(C1CCC1)N1CCN(c2cncc(-c3nnc(-c4ccccc4)o3)n2)CC1. The molecule has 8 nitrogen and oxygen atoms in total. The van der Waals surface area contributed by atoms with E-state index in [2.05, 4.69) is 25.1 Å². The van der Waals surface area contributed by atoms with Crippen LogP contribution in [0.2, 0.25) is 0 Å². The first-order valence-electron chi connectivity index (χ1n) is 10.0. The Balaban J connectivity index is 1.28. The molecule has 0 unspecified atom stereocenters. The minimum atomic E-state index is 0.251. The van der Waals surface area contributed by atoms with E-state index in [1.54, 1.807) is 12.4 Å². The molecule has 1 saturated carbocycles. The largest absolute Gasteiger partial charge is 0.415 e. The lowest BCUT2D eigenvalue weighted by Crippen LogP contribution is -2.51. The van der Waals surface area contributed by atoms with E-state index in [9.17, 15) is 4.79 Å². The highest BCUT2D eigenvalue weighted by Gasteiger charge is 2.31. The van der Waals surface area contributed by atoms with Crippen LogP contribution in [-0.4, -0.2) is 57.2 Å². The van der Waals surface area contributed by atoms with E-state index in [1.807, 2.05) is 35.2 Å². The first kappa shape index (κ1) is 17.8. The van der Waals surface area contributed by atoms with Gasteiger partial charge in [0.15, 0.2) is 0 Å². The van der Waals surface area contributed by atoms with Crippen molar-refractivity contribution < 1.29 is 9.21 Å². The Bertz CT molecular complexity index is 993. The van der Waals surface area contributed by atoms with Crippen molar-refractivity contribution in [3.63, 3.8) is 0 Å². The van der Waals surface area contributed by atoms with Crippen molar-refractivity contribution >= 4 is 11.7 Å². The quantitative estimate of drug-likeness (QED) is 0.677. The van der Waals surface area contributed by atoms with E-state index in [0.717, 1.165) is 50.4 Å². The molecular weight excluding hydrogens is 368 g/mol. The van der Waals surface area contributed by atoms with Crippen LogP contribution in [0.4, 0.5) is 5.82 Å². The molecule has 0 spiro atoms. The molecule has 8 heteroatoms. The fourth-order valence-electron chi connectivity index (χ4n) is 3.70. The summed E-state index contributed by atoms with van der Waals surface area (Å²) in [6, 6.07) is 9.63. The Labute approximate surface area is 168 Å². The smallest absolute Gasteiger partial charge is 0.268 e. The van der Waals surface area contributed by atoms with Crippen molar-refractivity contribution in [2.75, 3.05) is 31.1 Å². The van der Waals surface area contributed by atoms with Crippen molar-refractivity contribution in [1.29, 1.82) is 0 Å². The second-order valence-electron chi connectivity index (χ2n) is 7.48. The highest BCUT2D eigenvalue weighted by Crippen LogP contribution is 2.29. The van der Waals surface area contributed by atoms with Crippen LogP contribution in [0.5, 0.6) is 0 Å². The molecule has 1 aliphatic heterocycles. The van der Waals surface area contributed by atoms with Gasteiger partial charge < -0.3 is 14.2 Å². The summed E-state index contributed by atoms with van der Waals surface area (Å²) in [5, 5.41) is 8.25. The molecule has 0 radical (unpaired) electrons. The van der Waals surface area contributed by atoms with Crippen molar-refractivity contribution in [3.8, 4) is 23.0 Å². The number of nitrogens with zero attached hydrogens (tertiary/aromatic N) is 6. The number of carbonyl (C=O) groups excluding carboxylic acids is 1. The topological polar surface area (TPSA) is 88.3 Å². The van der Waals surface area contributed by atoms with Gasteiger partial charge in [-0.15, -0.1) is 10.2 Å². The summed E-state index contributed by atoms with van der Waals surface area (Å²) in [6.45, 7) is 2.94. The molecule has 5 rings (SSSR count). The van der Waals surface area contributed by atoms with Gasteiger partial charge in [-0.3, -0.25) is 9.78 Å². The maximum absolute atomic E-state index is 12.4. The number of hydrogen-bond acceptors (Lipinski definition) is 7. The summed E-state index contributed by atoms with van der Waals surface area (Å²) < 4.78 is 5.80. The molecule has 3 aromatic rings. The predicted molar refractivity (Wildman–Crippen MR) is 107 cm³/mol. The van der Waals surface area contributed by atoms with Crippen LogP contribution >= 0.6 is 0 Å². The first-order valence-corrected chi connectivity index (χ1v) is 10.0. The van der Waals surface area contributed by atoms with Crippen LogP contribution in [0.3, 0.4) is 0 Å². The molecule has 1 aliphatic carbocycles. The number of piperazine rings is 1. The van der Waals surface area contributed by atoms with E-state index >= 15 is 0 Å². The Morgan fingerprint density at radius 2 is 1.72 bits per heavy atom. The second kappa shape index (κ2) is 7.62. The summed E-state index contributed by atoms with van der Waals surface area (Å²) in [7, 11) is 0. The molecule has 3 heterocycles. The standard InChI is InChI=1S/C21H22N6O2/c28-21(16-7-4-8-16)27-11-9-26(10-12-27)18-14-22-13-17(23-18)20-25-24-19(29-20)15-5-2-1-3-6-15/h1-3,5-6,13-14,16H,4,7-12H2. The summed E-state index contributed by atoms with van der Waals surface area (Å²) >= 11 is 0. The number of benzene rings is 1. The van der Waals surface area contributed by atoms with E-state index in [1.165, 1.54) is 6.42 Å². The Morgan fingerprint density at radius 3 is 2.45 bits per heavy atom. The second-order valence-corrected chi connectivity index (χ2v) is 7.48. The number of amides is 1. The number of aromatic nitrogens is 4. The zero-order valence-corrected chi connectivity index (χ0v) is 16.1. The van der Waals surface area contributed by atoms with Crippen LogP contribution in [0.25, 0.3) is 23.0 Å². The van der Waals surface area contributed by atoms with Crippen molar-refractivity contribution in [2.24, 2.45) is 5.92 Å². The van der Waals surface area contributed by atoms with E-state index < -0.39 is 0 Å². The Morgan fingerprint density at radius 1 is 0.966 bits per heavy atom. The molecule has 148 valence electrons. The summed E-state index contributed by atoms with van der Waals surface area (Å²) in [5.41, 5.74) is 1.41. The summed E-state index contributed by atoms with van der Waals surface area (Å²) in [6.07, 6.45) is 6.63. The molecule has 2 aromatic heterocycles. The van der Waals surface area contributed by atoms with E-state index in [0.29, 0.717) is 23.4 Å². The fourth-order valence-corrected chi connectivity index (χ4v) is 3.70. The molecule has 29 heavy (non-hydrogen) atoms. The van der Waals surface area contributed by atoms with Gasteiger partial charge in [-0.2, -0.15) is 0 Å². The van der Waals surface area contributed by atoms with Gasteiger partial charge in [0.1, 0.15) is 11.5 Å². The van der Waals surface area contributed by atoms with Gasteiger partial charge in [-0.05, 0) is 25.0 Å². The third-order valence-electron chi connectivity index (χ3n) is 5.66. The normalized spacial score (nSPS) is 17.2. The number of hydrogen-bond donors (Lipinski definition) is 0. The maximum Gasteiger partial charge on any atom is 0.268 e. The monoisotopic (exact) mass is 390 g/mol. The zero-order valence-electron chi connectivity index (χ0n) is 16.1. The van der Waals surface area contributed by atoms with Gasteiger partial charge in [-0.1, -0.05) is 24.6 Å². The molecule has 1 aromatic carbocycles. The first-order chi connectivity index (χ1) is 14.3. The minimum Gasteiger partial charge on any atom is -0.415 e. The highest BCUT2D eigenvalue weighted by molar-refractivity contribution is 5.79. The van der Waals surface area contributed by atoms with Crippen molar-refractivity contribution in [2.45, 2.75) is 19.3 Å². The van der Waals surface area contributed by atoms with Crippen LogP contribution < -0.4 is 4.90 Å². The lowest BCUT2D eigenvalue weighted by Gasteiger charge is -2.38. The van der Waals surface area contributed by atoms with Gasteiger partial charge >= 0.3 is 0 Å². The van der Waals surface area contributed by atoms with Gasteiger partial charge in [-0.25, -0.2) is 4.98 Å². The third-order valence-corrected chi connectivity index (χ3v) is 5.66. The predicted octanol–water partition coefficient (Wildman–Crippen LogP) is 2.64. The van der Waals surface area contributed by atoms with Gasteiger partial charge in [0.25, 0.3) is 5.89 Å².